The molecule has 0 aliphatic rings. The zero-order valence-corrected chi connectivity index (χ0v) is 11.5. The van der Waals surface area contributed by atoms with Crippen LogP contribution in [0.15, 0.2) is 17.3 Å². The molecule has 18 heavy (non-hydrogen) atoms. The summed E-state index contributed by atoms with van der Waals surface area (Å²) >= 11 is 0. The Morgan fingerprint density at radius 1 is 1.56 bits per heavy atom. The van der Waals surface area contributed by atoms with Crippen LogP contribution in [-0.2, 0) is 26.6 Å². The van der Waals surface area contributed by atoms with Gasteiger partial charge in [-0.1, -0.05) is 0 Å². The van der Waals surface area contributed by atoms with Crippen molar-refractivity contribution in [1.82, 2.24) is 14.1 Å². The van der Waals surface area contributed by atoms with Gasteiger partial charge in [-0.15, -0.1) is 0 Å². The largest absolute Gasteiger partial charge is 0.469 e. The summed E-state index contributed by atoms with van der Waals surface area (Å²) in [4.78, 5) is 11.1. The summed E-state index contributed by atoms with van der Waals surface area (Å²) in [6.07, 6.45) is 3.35. The summed E-state index contributed by atoms with van der Waals surface area (Å²) in [5.74, 6) is -0.345. The second kappa shape index (κ2) is 5.96. The summed E-state index contributed by atoms with van der Waals surface area (Å²) in [6.45, 7) is 0.256. The molecule has 7 nitrogen and oxygen atoms in total. The molecule has 1 rings (SSSR count). The van der Waals surface area contributed by atoms with Crippen molar-refractivity contribution in [2.24, 2.45) is 7.05 Å². The summed E-state index contributed by atoms with van der Waals surface area (Å²) < 4.78 is 31.2. The van der Waals surface area contributed by atoms with Crippen molar-refractivity contribution in [2.75, 3.05) is 20.7 Å². The predicted molar refractivity (Wildman–Crippen MR) is 64.3 cm³/mol. The Kier molecular flexibility index (Phi) is 4.85. The lowest BCUT2D eigenvalue weighted by atomic mass is 10.3. The van der Waals surface area contributed by atoms with Gasteiger partial charge >= 0.3 is 5.97 Å². The van der Waals surface area contributed by atoms with Crippen LogP contribution in [0.3, 0.4) is 0 Å². The number of carbonyl (C=O) groups excluding carboxylic acids is 1. The molecule has 0 saturated carbocycles. The van der Waals surface area contributed by atoms with E-state index >= 15 is 0 Å². The number of ether oxygens (including phenoxy) is 1. The Bertz CT molecular complexity index is 509. The van der Waals surface area contributed by atoms with Crippen molar-refractivity contribution in [3.8, 4) is 0 Å². The van der Waals surface area contributed by atoms with Gasteiger partial charge in [-0.2, -0.15) is 5.10 Å². The Labute approximate surface area is 106 Å². The fourth-order valence-electron chi connectivity index (χ4n) is 1.38. The number of hydrogen-bond acceptors (Lipinski definition) is 5. The van der Waals surface area contributed by atoms with Crippen LogP contribution in [0.25, 0.3) is 0 Å². The molecule has 1 aromatic heterocycles. The van der Waals surface area contributed by atoms with Crippen molar-refractivity contribution < 1.29 is 17.9 Å². The van der Waals surface area contributed by atoms with Gasteiger partial charge in [0.25, 0.3) is 0 Å². The first-order valence-electron chi connectivity index (χ1n) is 5.39. The van der Waals surface area contributed by atoms with Crippen LogP contribution in [0.2, 0.25) is 0 Å². The third-order valence-corrected chi connectivity index (χ3v) is 4.28. The van der Waals surface area contributed by atoms with E-state index in [4.69, 9.17) is 0 Å². The summed E-state index contributed by atoms with van der Waals surface area (Å²) in [6, 6.07) is 0. The molecule has 0 N–H and O–H groups in total. The molecule has 0 fully saturated rings. The van der Waals surface area contributed by atoms with E-state index in [1.807, 2.05) is 0 Å². The van der Waals surface area contributed by atoms with E-state index in [0.29, 0.717) is 6.42 Å². The lowest BCUT2D eigenvalue weighted by Gasteiger charge is -2.15. The zero-order chi connectivity index (χ0) is 13.8. The molecule has 0 unspecified atom stereocenters. The molecule has 0 atom stereocenters. The molecule has 1 heterocycles. The van der Waals surface area contributed by atoms with Gasteiger partial charge in [-0.3, -0.25) is 9.48 Å². The quantitative estimate of drug-likeness (QED) is 0.682. The first kappa shape index (κ1) is 14.7. The van der Waals surface area contributed by atoms with Crippen LogP contribution in [0.4, 0.5) is 0 Å². The van der Waals surface area contributed by atoms with E-state index in [1.54, 1.807) is 7.05 Å². The molecule has 0 spiro atoms. The fourth-order valence-corrected chi connectivity index (χ4v) is 2.58. The summed E-state index contributed by atoms with van der Waals surface area (Å²) in [5.41, 5.74) is 0. The molecule has 0 aliphatic carbocycles. The topological polar surface area (TPSA) is 81.5 Å². The predicted octanol–water partition coefficient (Wildman–Crippen LogP) is -0.00620. The van der Waals surface area contributed by atoms with E-state index in [9.17, 15) is 13.2 Å². The maximum atomic E-state index is 12.0. The van der Waals surface area contributed by atoms with E-state index < -0.39 is 10.0 Å². The van der Waals surface area contributed by atoms with Crippen LogP contribution < -0.4 is 0 Å². The van der Waals surface area contributed by atoms with Gasteiger partial charge in [-0.05, 0) is 6.42 Å². The SMILES string of the molecule is COC(=O)CCCN(C)S(=O)(=O)c1cnn(C)c1. The van der Waals surface area contributed by atoms with Gasteiger partial charge in [0.15, 0.2) is 0 Å². The molecule has 8 heteroatoms. The Balaban J connectivity index is 2.60. The maximum absolute atomic E-state index is 12.0. The first-order chi connectivity index (χ1) is 8.37. The number of methoxy groups -OCH3 is 1. The van der Waals surface area contributed by atoms with Crippen LogP contribution in [0.1, 0.15) is 12.8 Å². The zero-order valence-electron chi connectivity index (χ0n) is 10.7. The third kappa shape index (κ3) is 3.54. The van der Waals surface area contributed by atoms with Gasteiger partial charge in [0.2, 0.25) is 10.0 Å². The molecule has 102 valence electrons. The summed E-state index contributed by atoms with van der Waals surface area (Å²) in [5, 5.41) is 3.82. The smallest absolute Gasteiger partial charge is 0.305 e. The molecule has 0 bridgehead atoms. The second-order valence-corrected chi connectivity index (χ2v) is 5.90. The fraction of sp³-hybridized carbons (Fsp3) is 0.600. The highest BCUT2D eigenvalue weighted by atomic mass is 32.2. The van der Waals surface area contributed by atoms with Crippen molar-refractivity contribution in [3.63, 3.8) is 0 Å². The van der Waals surface area contributed by atoms with Crippen LogP contribution in [0.5, 0.6) is 0 Å². The van der Waals surface area contributed by atoms with Gasteiger partial charge < -0.3 is 4.74 Å². The number of esters is 1. The van der Waals surface area contributed by atoms with Crippen LogP contribution in [0, 0.1) is 0 Å². The van der Waals surface area contributed by atoms with E-state index in [2.05, 4.69) is 9.84 Å². The Morgan fingerprint density at radius 3 is 2.72 bits per heavy atom. The molecule has 1 aromatic rings. The highest BCUT2D eigenvalue weighted by Gasteiger charge is 2.22. The van der Waals surface area contributed by atoms with Crippen molar-refractivity contribution in [2.45, 2.75) is 17.7 Å². The van der Waals surface area contributed by atoms with E-state index in [-0.39, 0.29) is 23.8 Å². The van der Waals surface area contributed by atoms with Crippen LogP contribution in [-0.4, -0.2) is 49.2 Å². The van der Waals surface area contributed by atoms with E-state index in [1.165, 1.54) is 35.5 Å². The van der Waals surface area contributed by atoms with Crippen LogP contribution >= 0.6 is 0 Å². The lowest BCUT2D eigenvalue weighted by molar-refractivity contribution is -0.140. The number of nitrogens with zero attached hydrogens (tertiary/aromatic N) is 3. The molecular weight excluding hydrogens is 258 g/mol. The number of aryl methyl sites for hydroxylation is 1. The van der Waals surface area contributed by atoms with E-state index in [0.717, 1.165) is 0 Å². The average molecular weight is 275 g/mol. The lowest BCUT2D eigenvalue weighted by Crippen LogP contribution is -2.28. The number of carbonyl (C=O) groups is 1. The van der Waals surface area contributed by atoms with Crippen molar-refractivity contribution in [1.29, 1.82) is 0 Å². The summed E-state index contributed by atoms with van der Waals surface area (Å²) in [7, 11) is 0.900. The molecule has 0 saturated heterocycles. The number of sulfonamides is 1. The first-order valence-corrected chi connectivity index (χ1v) is 6.83. The van der Waals surface area contributed by atoms with Gasteiger partial charge in [0.05, 0.1) is 13.3 Å². The van der Waals surface area contributed by atoms with Crippen molar-refractivity contribution in [3.05, 3.63) is 12.4 Å². The average Bonchev–Trinajstić information content (AvgIpc) is 2.76. The van der Waals surface area contributed by atoms with Crippen molar-refractivity contribution >= 4 is 16.0 Å². The Morgan fingerprint density at radius 2 is 2.22 bits per heavy atom. The van der Waals surface area contributed by atoms with Gasteiger partial charge in [-0.25, -0.2) is 12.7 Å². The standard InChI is InChI=1S/C10H17N3O4S/c1-12-8-9(7-11-12)18(15,16)13(2)6-4-5-10(14)17-3/h7-8H,4-6H2,1-3H3. The number of aromatic nitrogens is 2. The minimum Gasteiger partial charge on any atom is -0.469 e. The third-order valence-electron chi connectivity index (χ3n) is 2.47. The molecular formula is C10H17N3O4S. The monoisotopic (exact) mass is 275 g/mol. The number of hydrogen-bond donors (Lipinski definition) is 0. The normalized spacial score (nSPS) is 11.8. The van der Waals surface area contributed by atoms with Gasteiger partial charge in [0.1, 0.15) is 4.90 Å². The minimum absolute atomic E-state index is 0.144. The molecule has 0 aromatic carbocycles. The molecule has 0 amide bonds. The maximum Gasteiger partial charge on any atom is 0.305 e. The molecule has 0 radical (unpaired) electrons. The second-order valence-electron chi connectivity index (χ2n) is 3.86. The Hall–Kier alpha value is -1.41. The van der Waals surface area contributed by atoms with Gasteiger partial charge in [0, 0.05) is 33.3 Å². The number of rotatable bonds is 6. The highest BCUT2D eigenvalue weighted by Crippen LogP contribution is 2.13. The minimum atomic E-state index is -3.52. The molecule has 0 aliphatic heterocycles. The highest BCUT2D eigenvalue weighted by molar-refractivity contribution is 7.89.